The molecule has 0 aliphatic carbocycles. The van der Waals surface area contributed by atoms with E-state index in [0.717, 1.165) is 27.6 Å². The Labute approximate surface area is 281 Å². The van der Waals surface area contributed by atoms with Crippen LogP contribution in [0, 0.1) is 17.7 Å². The van der Waals surface area contributed by atoms with E-state index in [0.29, 0.717) is 25.8 Å². The van der Waals surface area contributed by atoms with E-state index in [1.54, 1.807) is 29.2 Å². The number of aromatic nitrogens is 1. The Kier molecular flexibility index (Phi) is 13.7. The average molecular weight is 654 g/mol. The number of aliphatic hydroxyl groups is 1. The normalized spacial score (nSPS) is 12.9. The Bertz CT molecular complexity index is 1650. The van der Waals surface area contributed by atoms with Gasteiger partial charge in [-0.15, -0.1) is 13.2 Å². The number of benzene rings is 3. The highest BCUT2D eigenvalue weighted by Gasteiger charge is 2.28. The molecule has 9 heteroatoms. The molecular weight excluding hydrogens is 609 g/mol. The number of nitrogens with zero attached hydrogens (tertiary/aromatic N) is 1. The van der Waals surface area contributed by atoms with Gasteiger partial charge in [-0.2, -0.15) is 0 Å². The zero-order chi connectivity index (χ0) is 34.3. The summed E-state index contributed by atoms with van der Waals surface area (Å²) < 4.78 is 19.3. The van der Waals surface area contributed by atoms with Crippen LogP contribution in [0.15, 0.2) is 110 Å². The van der Waals surface area contributed by atoms with Gasteiger partial charge in [-0.25, -0.2) is 4.39 Å². The third-order valence-corrected chi connectivity index (χ3v) is 8.28. The van der Waals surface area contributed by atoms with Gasteiger partial charge in [0.05, 0.1) is 24.5 Å². The number of nitrogens with one attached hydrogen (secondary N) is 2. The van der Waals surface area contributed by atoms with E-state index in [4.69, 9.17) is 4.74 Å². The number of carbonyl (C=O) groups excluding carboxylic acids is 3. The second-order valence-electron chi connectivity index (χ2n) is 11.9. The molecule has 0 bridgehead atoms. The number of aromatic amines is 1. The number of allylic oxidation sites excluding steroid dienone is 2. The number of para-hydroxylation sites is 1. The Morgan fingerprint density at radius 1 is 0.896 bits per heavy atom. The molecule has 0 aliphatic rings. The van der Waals surface area contributed by atoms with Crippen molar-refractivity contribution in [3.8, 4) is 0 Å². The molecule has 0 spiro atoms. The molecule has 3 aromatic carbocycles. The summed E-state index contributed by atoms with van der Waals surface area (Å²) in [5, 5.41) is 13.7. The highest BCUT2D eigenvalue weighted by molar-refractivity contribution is 5.87. The first-order chi connectivity index (χ1) is 23.3. The van der Waals surface area contributed by atoms with E-state index in [1.807, 2.05) is 60.8 Å². The predicted octanol–water partition coefficient (Wildman–Crippen LogP) is 5.92. The third-order valence-electron chi connectivity index (χ3n) is 8.28. The van der Waals surface area contributed by atoms with Crippen LogP contribution in [-0.2, 0) is 38.5 Å². The number of halogens is 1. The lowest BCUT2D eigenvalue weighted by Gasteiger charge is -2.26. The molecule has 4 rings (SSSR count). The summed E-state index contributed by atoms with van der Waals surface area (Å²) in [6, 6.07) is 22.7. The number of carbonyl (C=O) groups is 3. The SMILES string of the molecule is C=CC[C@@H](CC(=O)N(CCO)Cc1ccccc1)C(=O)N[C@@H](COC(=O)[C@@H](CC=C)Cc1ccc(F)cc1)Cc1c[nH]c2ccccc12. The van der Waals surface area contributed by atoms with Crippen LogP contribution in [0.2, 0.25) is 0 Å². The van der Waals surface area contributed by atoms with Crippen molar-refractivity contribution < 1.29 is 28.6 Å². The van der Waals surface area contributed by atoms with E-state index in [9.17, 15) is 23.9 Å². The van der Waals surface area contributed by atoms with Crippen LogP contribution in [0.1, 0.15) is 36.0 Å². The molecule has 252 valence electrons. The molecule has 3 N–H and O–H groups in total. The van der Waals surface area contributed by atoms with Crippen LogP contribution in [0.4, 0.5) is 4.39 Å². The van der Waals surface area contributed by atoms with Gasteiger partial charge in [-0.05, 0) is 60.6 Å². The quantitative estimate of drug-likeness (QED) is 0.0860. The fourth-order valence-corrected chi connectivity index (χ4v) is 5.75. The second-order valence-corrected chi connectivity index (χ2v) is 11.9. The van der Waals surface area contributed by atoms with Crippen LogP contribution in [0.3, 0.4) is 0 Å². The topological polar surface area (TPSA) is 112 Å². The van der Waals surface area contributed by atoms with Crippen LogP contribution in [-0.4, -0.2) is 58.6 Å². The summed E-state index contributed by atoms with van der Waals surface area (Å²) in [6.07, 6.45) is 6.39. The van der Waals surface area contributed by atoms with Crippen molar-refractivity contribution in [2.75, 3.05) is 19.8 Å². The Balaban J connectivity index is 1.49. The summed E-state index contributed by atoms with van der Waals surface area (Å²) in [7, 11) is 0. The number of rotatable bonds is 19. The number of esters is 1. The van der Waals surface area contributed by atoms with Gasteiger partial charge in [-0.1, -0.05) is 72.8 Å². The molecule has 1 heterocycles. The number of ether oxygens (including phenoxy) is 1. The van der Waals surface area contributed by atoms with E-state index >= 15 is 0 Å². The number of aliphatic hydroxyl groups excluding tert-OH is 1. The highest BCUT2D eigenvalue weighted by Crippen LogP contribution is 2.21. The molecule has 0 radical (unpaired) electrons. The number of hydrogen-bond acceptors (Lipinski definition) is 5. The van der Waals surface area contributed by atoms with Crippen molar-refractivity contribution in [3.05, 3.63) is 133 Å². The van der Waals surface area contributed by atoms with Crippen molar-refractivity contribution >= 4 is 28.7 Å². The molecule has 3 atom stereocenters. The fraction of sp³-hybridized carbons (Fsp3) is 0.308. The second kappa shape index (κ2) is 18.4. The van der Waals surface area contributed by atoms with Crippen molar-refractivity contribution in [2.24, 2.45) is 11.8 Å². The van der Waals surface area contributed by atoms with Crippen LogP contribution < -0.4 is 5.32 Å². The molecule has 2 amide bonds. The smallest absolute Gasteiger partial charge is 0.309 e. The van der Waals surface area contributed by atoms with Gasteiger partial charge in [0.25, 0.3) is 0 Å². The van der Waals surface area contributed by atoms with Crippen LogP contribution >= 0.6 is 0 Å². The molecule has 0 aliphatic heterocycles. The van der Waals surface area contributed by atoms with E-state index < -0.39 is 23.8 Å². The first-order valence-corrected chi connectivity index (χ1v) is 16.2. The van der Waals surface area contributed by atoms with Crippen LogP contribution in [0.5, 0.6) is 0 Å². The van der Waals surface area contributed by atoms with Crippen molar-refractivity contribution in [2.45, 2.75) is 44.7 Å². The van der Waals surface area contributed by atoms with Gasteiger partial charge in [0, 0.05) is 36.6 Å². The summed E-state index contributed by atoms with van der Waals surface area (Å²) in [6.45, 7) is 7.73. The molecule has 4 aromatic rings. The maximum absolute atomic E-state index is 13.8. The molecular formula is C39H44FN3O5. The summed E-state index contributed by atoms with van der Waals surface area (Å²) in [5.41, 5.74) is 3.59. The summed E-state index contributed by atoms with van der Waals surface area (Å²) in [5.74, 6) is -2.68. The van der Waals surface area contributed by atoms with Crippen LogP contribution in [0.25, 0.3) is 10.9 Å². The highest BCUT2D eigenvalue weighted by atomic mass is 19.1. The van der Waals surface area contributed by atoms with Gasteiger partial charge >= 0.3 is 5.97 Å². The van der Waals surface area contributed by atoms with Crippen molar-refractivity contribution in [3.63, 3.8) is 0 Å². The maximum atomic E-state index is 13.8. The minimum absolute atomic E-state index is 0.0800. The van der Waals surface area contributed by atoms with Gasteiger partial charge in [0.1, 0.15) is 12.4 Å². The number of H-pyrrole nitrogens is 1. The number of hydrogen-bond donors (Lipinski definition) is 3. The van der Waals surface area contributed by atoms with Gasteiger partial charge in [-0.3, -0.25) is 14.4 Å². The first kappa shape index (κ1) is 35.8. The number of fused-ring (bicyclic) bond motifs is 1. The van der Waals surface area contributed by atoms with Crippen molar-refractivity contribution in [1.82, 2.24) is 15.2 Å². The number of amides is 2. The minimum Gasteiger partial charge on any atom is -0.463 e. The van der Waals surface area contributed by atoms with Crippen molar-refractivity contribution in [1.29, 1.82) is 0 Å². The Morgan fingerprint density at radius 3 is 2.29 bits per heavy atom. The Hall–Kier alpha value is -5.02. The lowest BCUT2D eigenvalue weighted by atomic mass is 9.96. The minimum atomic E-state index is -0.722. The molecule has 0 saturated carbocycles. The van der Waals surface area contributed by atoms with E-state index in [1.165, 1.54) is 12.1 Å². The average Bonchev–Trinajstić information content (AvgIpc) is 3.50. The molecule has 48 heavy (non-hydrogen) atoms. The molecule has 0 unspecified atom stereocenters. The fourth-order valence-electron chi connectivity index (χ4n) is 5.75. The third kappa shape index (κ3) is 10.5. The molecule has 1 aromatic heterocycles. The maximum Gasteiger partial charge on any atom is 0.309 e. The van der Waals surface area contributed by atoms with E-state index in [-0.39, 0.29) is 50.2 Å². The lowest BCUT2D eigenvalue weighted by Crippen LogP contribution is -2.45. The zero-order valence-electron chi connectivity index (χ0n) is 27.2. The predicted molar refractivity (Wildman–Crippen MR) is 185 cm³/mol. The summed E-state index contributed by atoms with van der Waals surface area (Å²) in [4.78, 5) is 45.3. The molecule has 8 nitrogen and oxygen atoms in total. The lowest BCUT2D eigenvalue weighted by molar-refractivity contribution is -0.149. The largest absolute Gasteiger partial charge is 0.463 e. The molecule has 0 saturated heterocycles. The first-order valence-electron chi connectivity index (χ1n) is 16.2. The molecule has 0 fully saturated rings. The zero-order valence-corrected chi connectivity index (χ0v) is 27.2. The van der Waals surface area contributed by atoms with Gasteiger partial charge in [0.15, 0.2) is 0 Å². The van der Waals surface area contributed by atoms with Gasteiger partial charge < -0.3 is 25.0 Å². The van der Waals surface area contributed by atoms with E-state index in [2.05, 4.69) is 23.5 Å². The summed E-state index contributed by atoms with van der Waals surface area (Å²) >= 11 is 0. The standard InChI is InChI=1S/C39H44FN3O5/c1-3-10-30(24-37(45)43(20-21-44)26-29-12-6-5-7-13-29)38(46)42-34(23-32-25-41-36-15-9-8-14-35(32)36)27-48-39(47)31(11-4-2)22-28-16-18-33(40)19-17-28/h3-9,12-19,25,30-31,34,41,44H,1-2,10-11,20-24,26-27H2,(H,42,46)/t30-,31-,34+/m0/s1. The van der Waals surface area contributed by atoms with Gasteiger partial charge in [0.2, 0.25) is 11.8 Å². The monoisotopic (exact) mass is 653 g/mol. The Morgan fingerprint density at radius 2 is 1.58 bits per heavy atom.